The number of rotatable bonds is 4. The van der Waals surface area contributed by atoms with Gasteiger partial charge in [0.05, 0.1) is 12.8 Å². The van der Waals surface area contributed by atoms with Crippen molar-refractivity contribution < 1.29 is 4.74 Å². The molecule has 0 saturated heterocycles. The third-order valence-electron chi connectivity index (χ3n) is 4.37. The highest BCUT2D eigenvalue weighted by atomic mass is 32.1. The van der Waals surface area contributed by atoms with Crippen molar-refractivity contribution in [3.63, 3.8) is 0 Å². The zero-order valence-corrected chi connectivity index (χ0v) is 13.6. The molecule has 116 valence electrons. The van der Waals surface area contributed by atoms with Gasteiger partial charge in [0.1, 0.15) is 11.6 Å². The Morgan fingerprint density at radius 3 is 2.61 bits per heavy atom. The maximum Gasteiger partial charge on any atom is 0.200 e. The number of nitrogens with one attached hydrogen (secondary N) is 1. The van der Waals surface area contributed by atoms with Crippen LogP contribution in [0, 0.1) is 4.77 Å². The van der Waals surface area contributed by atoms with Gasteiger partial charge in [-0.25, -0.2) is 0 Å². The van der Waals surface area contributed by atoms with E-state index in [9.17, 15) is 0 Å². The summed E-state index contributed by atoms with van der Waals surface area (Å²) in [7, 11) is 1.67. The van der Waals surface area contributed by atoms with Crippen molar-refractivity contribution in [3.8, 4) is 11.4 Å². The molecule has 5 heteroatoms. The monoisotopic (exact) mass is 323 g/mol. The standard InChI is InChI=1S/C18H17N3OS/c1-22-16-10-6-5-9-15(16)21-17(19-20-18(21)23)14-11-13(14)12-7-3-2-4-8-12/h2-10,13-14H,11H2,1H3,(H,20,23)/t13-,14+/m1/s1. The second-order valence-electron chi connectivity index (χ2n) is 5.75. The number of hydrogen-bond acceptors (Lipinski definition) is 3. The summed E-state index contributed by atoms with van der Waals surface area (Å²) in [4.78, 5) is 0. The normalized spacial score (nSPS) is 19.5. The summed E-state index contributed by atoms with van der Waals surface area (Å²) in [5.74, 6) is 2.67. The predicted octanol–water partition coefficient (Wildman–Crippen LogP) is 4.21. The van der Waals surface area contributed by atoms with E-state index in [2.05, 4.69) is 34.5 Å². The number of aromatic nitrogens is 3. The fourth-order valence-electron chi connectivity index (χ4n) is 3.15. The molecule has 0 unspecified atom stereocenters. The summed E-state index contributed by atoms with van der Waals surface area (Å²) < 4.78 is 8.08. The minimum Gasteiger partial charge on any atom is -0.495 e. The lowest BCUT2D eigenvalue weighted by Gasteiger charge is -2.11. The average Bonchev–Trinajstić information content (AvgIpc) is 3.31. The van der Waals surface area contributed by atoms with Gasteiger partial charge in [-0.05, 0) is 42.3 Å². The number of H-pyrrole nitrogens is 1. The molecule has 1 saturated carbocycles. The lowest BCUT2D eigenvalue weighted by atomic mass is 10.1. The molecule has 0 radical (unpaired) electrons. The molecular weight excluding hydrogens is 306 g/mol. The first-order chi connectivity index (χ1) is 11.3. The molecule has 1 heterocycles. The Morgan fingerprint density at radius 1 is 1.09 bits per heavy atom. The first-order valence-electron chi connectivity index (χ1n) is 7.65. The number of nitrogens with zero attached hydrogens (tertiary/aromatic N) is 2. The van der Waals surface area contributed by atoms with Gasteiger partial charge in [0.2, 0.25) is 0 Å². The number of hydrogen-bond donors (Lipinski definition) is 1. The highest BCUT2D eigenvalue weighted by Crippen LogP contribution is 2.54. The Kier molecular flexibility index (Phi) is 3.50. The van der Waals surface area contributed by atoms with E-state index in [1.54, 1.807) is 7.11 Å². The highest BCUT2D eigenvalue weighted by Gasteiger charge is 2.43. The Balaban J connectivity index is 1.74. The molecule has 1 fully saturated rings. The highest BCUT2D eigenvalue weighted by molar-refractivity contribution is 7.71. The lowest BCUT2D eigenvalue weighted by molar-refractivity contribution is 0.412. The Hall–Kier alpha value is -2.40. The molecule has 4 nitrogen and oxygen atoms in total. The van der Waals surface area contributed by atoms with Crippen molar-refractivity contribution in [3.05, 3.63) is 70.8 Å². The van der Waals surface area contributed by atoms with Crippen molar-refractivity contribution in [2.75, 3.05) is 7.11 Å². The summed E-state index contributed by atoms with van der Waals surface area (Å²) in [5, 5.41) is 7.44. The van der Waals surface area contributed by atoms with Crippen LogP contribution in [0.25, 0.3) is 5.69 Å². The average molecular weight is 323 g/mol. The second kappa shape index (κ2) is 5.66. The van der Waals surface area contributed by atoms with Crippen LogP contribution in [0.3, 0.4) is 0 Å². The van der Waals surface area contributed by atoms with Crippen LogP contribution in [0.15, 0.2) is 54.6 Å². The van der Waals surface area contributed by atoms with Crippen molar-refractivity contribution in [1.29, 1.82) is 0 Å². The van der Waals surface area contributed by atoms with E-state index >= 15 is 0 Å². The predicted molar refractivity (Wildman–Crippen MR) is 91.8 cm³/mol. The van der Waals surface area contributed by atoms with Crippen molar-refractivity contribution in [2.45, 2.75) is 18.3 Å². The minimum absolute atomic E-state index is 0.385. The molecule has 2 aromatic carbocycles. The molecule has 0 amide bonds. The molecule has 0 aliphatic heterocycles. The molecule has 1 aliphatic carbocycles. The van der Waals surface area contributed by atoms with Crippen LogP contribution in [-0.4, -0.2) is 21.9 Å². The van der Waals surface area contributed by atoms with Crippen LogP contribution in [0.4, 0.5) is 0 Å². The summed E-state index contributed by atoms with van der Waals surface area (Å²) in [6, 6.07) is 18.5. The van der Waals surface area contributed by atoms with E-state index in [1.807, 2.05) is 34.9 Å². The van der Waals surface area contributed by atoms with Gasteiger partial charge in [0.25, 0.3) is 0 Å². The summed E-state index contributed by atoms with van der Waals surface area (Å²) in [6.45, 7) is 0. The molecule has 1 aliphatic rings. The topological polar surface area (TPSA) is 42.8 Å². The van der Waals surface area contributed by atoms with Gasteiger partial charge in [-0.2, -0.15) is 5.10 Å². The molecular formula is C18H17N3OS. The number of para-hydroxylation sites is 2. The van der Waals surface area contributed by atoms with Crippen LogP contribution in [-0.2, 0) is 0 Å². The van der Waals surface area contributed by atoms with E-state index in [0.29, 0.717) is 16.6 Å². The largest absolute Gasteiger partial charge is 0.495 e. The van der Waals surface area contributed by atoms with Gasteiger partial charge in [-0.3, -0.25) is 9.67 Å². The quantitative estimate of drug-likeness (QED) is 0.731. The number of aromatic amines is 1. The first-order valence-corrected chi connectivity index (χ1v) is 8.06. The molecule has 0 bridgehead atoms. The van der Waals surface area contributed by atoms with Gasteiger partial charge in [0, 0.05) is 5.92 Å². The Bertz CT molecular complexity index is 885. The van der Waals surface area contributed by atoms with E-state index in [-0.39, 0.29) is 0 Å². The van der Waals surface area contributed by atoms with Crippen molar-refractivity contribution in [1.82, 2.24) is 14.8 Å². The molecule has 3 aromatic rings. The summed E-state index contributed by atoms with van der Waals surface area (Å²) in [6.07, 6.45) is 1.10. The molecule has 1 N–H and O–H groups in total. The molecule has 23 heavy (non-hydrogen) atoms. The molecule has 4 rings (SSSR count). The zero-order valence-electron chi connectivity index (χ0n) is 12.8. The van der Waals surface area contributed by atoms with Crippen LogP contribution >= 0.6 is 12.2 Å². The van der Waals surface area contributed by atoms with Gasteiger partial charge < -0.3 is 4.74 Å². The van der Waals surface area contributed by atoms with Gasteiger partial charge in [-0.15, -0.1) is 0 Å². The minimum atomic E-state index is 0.385. The summed E-state index contributed by atoms with van der Waals surface area (Å²) in [5.41, 5.74) is 2.29. The Morgan fingerprint density at radius 2 is 1.83 bits per heavy atom. The third kappa shape index (κ3) is 2.47. The SMILES string of the molecule is COc1ccccc1-n1c([C@H]2C[C@@H]2c2ccccc2)n[nH]c1=S. The third-order valence-corrected chi connectivity index (χ3v) is 4.65. The molecule has 0 spiro atoms. The van der Waals surface area contributed by atoms with Crippen LogP contribution in [0.5, 0.6) is 5.75 Å². The number of ether oxygens (including phenoxy) is 1. The Labute approximate surface area is 139 Å². The van der Waals surface area contributed by atoms with Crippen LogP contribution in [0.1, 0.15) is 29.6 Å². The smallest absolute Gasteiger partial charge is 0.200 e. The van der Waals surface area contributed by atoms with E-state index in [4.69, 9.17) is 17.0 Å². The van der Waals surface area contributed by atoms with E-state index in [0.717, 1.165) is 23.7 Å². The summed E-state index contributed by atoms with van der Waals surface area (Å²) >= 11 is 5.45. The van der Waals surface area contributed by atoms with Crippen molar-refractivity contribution >= 4 is 12.2 Å². The fourth-order valence-corrected chi connectivity index (χ4v) is 3.39. The first kappa shape index (κ1) is 14.2. The lowest BCUT2D eigenvalue weighted by Crippen LogP contribution is -2.03. The maximum atomic E-state index is 5.48. The van der Waals surface area contributed by atoms with E-state index in [1.165, 1.54) is 5.56 Å². The molecule has 1 aromatic heterocycles. The fraction of sp³-hybridized carbons (Fsp3) is 0.222. The molecule has 2 atom stereocenters. The van der Waals surface area contributed by atoms with Gasteiger partial charge >= 0.3 is 0 Å². The second-order valence-corrected chi connectivity index (χ2v) is 6.14. The van der Waals surface area contributed by atoms with Crippen molar-refractivity contribution in [2.24, 2.45) is 0 Å². The number of benzene rings is 2. The van der Waals surface area contributed by atoms with Crippen LogP contribution < -0.4 is 4.74 Å². The zero-order chi connectivity index (χ0) is 15.8. The maximum absolute atomic E-state index is 5.48. The number of methoxy groups -OCH3 is 1. The van der Waals surface area contributed by atoms with Gasteiger partial charge in [0.15, 0.2) is 4.77 Å². The van der Waals surface area contributed by atoms with E-state index < -0.39 is 0 Å². The van der Waals surface area contributed by atoms with Crippen LogP contribution in [0.2, 0.25) is 0 Å². The van der Waals surface area contributed by atoms with Gasteiger partial charge in [-0.1, -0.05) is 42.5 Å².